The van der Waals surface area contributed by atoms with E-state index in [-0.39, 0.29) is 5.41 Å². The summed E-state index contributed by atoms with van der Waals surface area (Å²) in [5.74, 6) is 0.816. The van der Waals surface area contributed by atoms with Crippen molar-refractivity contribution in [1.29, 1.82) is 5.26 Å². The van der Waals surface area contributed by atoms with Crippen molar-refractivity contribution in [2.45, 2.75) is 52.4 Å². The fourth-order valence-electron chi connectivity index (χ4n) is 2.35. The van der Waals surface area contributed by atoms with E-state index in [1.807, 2.05) is 13.8 Å². The predicted octanol–water partition coefficient (Wildman–Crippen LogP) is 3.11. The second kappa shape index (κ2) is 8.50. The Balaban J connectivity index is 1.88. The minimum atomic E-state index is -0.173. The standard InChI is InChI=1S/C15H28N2O/c1-15(2,13-16)8-3-4-10-18-11-7-14-6-5-9-17-12-14/h14,17H,3-12H2,1-2H3. The third-order valence-corrected chi connectivity index (χ3v) is 3.71. The van der Waals surface area contributed by atoms with Gasteiger partial charge in [-0.2, -0.15) is 5.26 Å². The van der Waals surface area contributed by atoms with E-state index in [0.29, 0.717) is 0 Å². The van der Waals surface area contributed by atoms with Gasteiger partial charge in [0.2, 0.25) is 0 Å². The molecule has 1 N–H and O–H groups in total. The van der Waals surface area contributed by atoms with Gasteiger partial charge >= 0.3 is 0 Å². The van der Waals surface area contributed by atoms with Crippen molar-refractivity contribution in [2.75, 3.05) is 26.3 Å². The summed E-state index contributed by atoms with van der Waals surface area (Å²) in [7, 11) is 0. The molecule has 1 rings (SSSR count). The maximum atomic E-state index is 8.89. The smallest absolute Gasteiger partial charge is 0.0683 e. The molecule has 0 aliphatic carbocycles. The van der Waals surface area contributed by atoms with Gasteiger partial charge < -0.3 is 10.1 Å². The minimum Gasteiger partial charge on any atom is -0.381 e. The summed E-state index contributed by atoms with van der Waals surface area (Å²) in [6.45, 7) is 8.11. The summed E-state index contributed by atoms with van der Waals surface area (Å²) in [5, 5.41) is 12.3. The summed E-state index contributed by atoms with van der Waals surface area (Å²) in [4.78, 5) is 0. The van der Waals surface area contributed by atoms with Crippen molar-refractivity contribution in [3.05, 3.63) is 0 Å². The lowest BCUT2D eigenvalue weighted by molar-refractivity contribution is 0.111. The number of piperidine rings is 1. The Bertz CT molecular complexity index is 252. The molecule has 1 saturated heterocycles. The zero-order valence-corrected chi connectivity index (χ0v) is 12.0. The Kier molecular flexibility index (Phi) is 7.31. The molecular weight excluding hydrogens is 224 g/mol. The zero-order chi connectivity index (χ0) is 13.3. The lowest BCUT2D eigenvalue weighted by atomic mass is 9.89. The third-order valence-electron chi connectivity index (χ3n) is 3.71. The van der Waals surface area contributed by atoms with Crippen molar-refractivity contribution in [3.8, 4) is 6.07 Å². The highest BCUT2D eigenvalue weighted by molar-refractivity contribution is 4.91. The number of rotatable bonds is 8. The van der Waals surface area contributed by atoms with Crippen LogP contribution in [0.5, 0.6) is 0 Å². The molecule has 0 amide bonds. The van der Waals surface area contributed by atoms with Crippen molar-refractivity contribution >= 4 is 0 Å². The van der Waals surface area contributed by atoms with E-state index in [1.54, 1.807) is 0 Å². The topological polar surface area (TPSA) is 45.0 Å². The summed E-state index contributed by atoms with van der Waals surface area (Å²) < 4.78 is 5.67. The zero-order valence-electron chi connectivity index (χ0n) is 12.0. The highest BCUT2D eigenvalue weighted by atomic mass is 16.5. The molecule has 1 heterocycles. The van der Waals surface area contributed by atoms with E-state index in [1.165, 1.54) is 32.4 Å². The maximum absolute atomic E-state index is 8.89. The van der Waals surface area contributed by atoms with Crippen LogP contribution in [0.15, 0.2) is 0 Å². The lowest BCUT2D eigenvalue weighted by Crippen LogP contribution is -2.30. The number of nitriles is 1. The van der Waals surface area contributed by atoms with Crippen LogP contribution in [0.3, 0.4) is 0 Å². The second-order valence-electron chi connectivity index (χ2n) is 6.07. The molecule has 0 spiro atoms. The maximum Gasteiger partial charge on any atom is 0.0683 e. The number of ether oxygens (including phenoxy) is 1. The van der Waals surface area contributed by atoms with Crippen LogP contribution in [-0.4, -0.2) is 26.3 Å². The van der Waals surface area contributed by atoms with E-state index in [2.05, 4.69) is 11.4 Å². The Morgan fingerprint density at radius 3 is 2.83 bits per heavy atom. The largest absolute Gasteiger partial charge is 0.381 e. The monoisotopic (exact) mass is 252 g/mol. The quantitative estimate of drug-likeness (QED) is 0.675. The lowest BCUT2D eigenvalue weighted by Gasteiger charge is -2.22. The van der Waals surface area contributed by atoms with Gasteiger partial charge in [0.15, 0.2) is 0 Å². The van der Waals surface area contributed by atoms with Crippen LogP contribution in [0.25, 0.3) is 0 Å². The molecule has 0 saturated carbocycles. The van der Waals surface area contributed by atoms with Crippen molar-refractivity contribution in [1.82, 2.24) is 5.32 Å². The molecular formula is C15H28N2O. The molecule has 104 valence electrons. The van der Waals surface area contributed by atoms with E-state index in [0.717, 1.165) is 38.4 Å². The molecule has 3 heteroatoms. The predicted molar refractivity (Wildman–Crippen MR) is 74.3 cm³/mol. The number of nitrogens with zero attached hydrogens (tertiary/aromatic N) is 1. The number of unbranched alkanes of at least 4 members (excludes halogenated alkanes) is 1. The third kappa shape index (κ3) is 6.98. The Morgan fingerprint density at radius 2 is 2.17 bits per heavy atom. The van der Waals surface area contributed by atoms with E-state index < -0.39 is 0 Å². The molecule has 0 radical (unpaired) electrons. The second-order valence-corrected chi connectivity index (χ2v) is 6.07. The van der Waals surface area contributed by atoms with Crippen molar-refractivity contribution in [2.24, 2.45) is 11.3 Å². The minimum absolute atomic E-state index is 0.173. The van der Waals surface area contributed by atoms with E-state index in [4.69, 9.17) is 10.00 Å². The molecule has 1 fully saturated rings. The van der Waals surface area contributed by atoms with E-state index in [9.17, 15) is 0 Å². The molecule has 3 nitrogen and oxygen atoms in total. The van der Waals surface area contributed by atoms with Crippen LogP contribution in [0.2, 0.25) is 0 Å². The first-order valence-corrected chi connectivity index (χ1v) is 7.34. The Morgan fingerprint density at radius 1 is 1.33 bits per heavy atom. The Hall–Kier alpha value is -0.590. The summed E-state index contributed by atoms with van der Waals surface area (Å²) >= 11 is 0. The van der Waals surface area contributed by atoms with Gasteiger partial charge in [-0.15, -0.1) is 0 Å². The SMILES string of the molecule is CC(C)(C#N)CCCCOCCC1CCCNC1. The van der Waals surface area contributed by atoms with Gasteiger partial charge in [0.1, 0.15) is 0 Å². The van der Waals surface area contributed by atoms with Crippen LogP contribution in [0.1, 0.15) is 52.4 Å². The van der Waals surface area contributed by atoms with Gasteiger partial charge in [-0.25, -0.2) is 0 Å². The summed E-state index contributed by atoms with van der Waals surface area (Å²) in [5.41, 5.74) is -0.173. The van der Waals surface area contributed by atoms with Crippen molar-refractivity contribution in [3.63, 3.8) is 0 Å². The average Bonchev–Trinajstić information content (AvgIpc) is 2.39. The molecule has 1 atom stereocenters. The first-order valence-electron chi connectivity index (χ1n) is 7.34. The number of hydrogen-bond donors (Lipinski definition) is 1. The van der Waals surface area contributed by atoms with Gasteiger partial charge in [0.25, 0.3) is 0 Å². The fraction of sp³-hybridized carbons (Fsp3) is 0.933. The number of hydrogen-bond acceptors (Lipinski definition) is 3. The summed E-state index contributed by atoms with van der Waals surface area (Å²) in [6, 6.07) is 2.34. The molecule has 0 aromatic rings. The first kappa shape index (κ1) is 15.5. The summed E-state index contributed by atoms with van der Waals surface area (Å²) in [6.07, 6.45) is 7.00. The van der Waals surface area contributed by atoms with Crippen LogP contribution >= 0.6 is 0 Å². The molecule has 0 aromatic heterocycles. The average molecular weight is 252 g/mol. The molecule has 1 aliphatic heterocycles. The van der Waals surface area contributed by atoms with Gasteiger partial charge in [-0.3, -0.25) is 0 Å². The molecule has 1 aliphatic rings. The highest BCUT2D eigenvalue weighted by Gasteiger charge is 2.15. The fourth-order valence-corrected chi connectivity index (χ4v) is 2.35. The van der Waals surface area contributed by atoms with Crippen LogP contribution in [0.4, 0.5) is 0 Å². The molecule has 18 heavy (non-hydrogen) atoms. The van der Waals surface area contributed by atoms with Crippen molar-refractivity contribution < 1.29 is 4.74 Å². The van der Waals surface area contributed by atoms with Crippen LogP contribution in [-0.2, 0) is 4.74 Å². The van der Waals surface area contributed by atoms with Gasteiger partial charge in [-0.05, 0) is 71.4 Å². The highest BCUT2D eigenvalue weighted by Crippen LogP contribution is 2.21. The molecule has 0 bridgehead atoms. The van der Waals surface area contributed by atoms with E-state index >= 15 is 0 Å². The van der Waals surface area contributed by atoms with Crippen LogP contribution in [0, 0.1) is 22.7 Å². The molecule has 1 unspecified atom stereocenters. The normalized spacial score (nSPS) is 20.6. The first-order chi connectivity index (χ1) is 8.64. The number of nitrogens with one attached hydrogen (secondary N) is 1. The van der Waals surface area contributed by atoms with Gasteiger partial charge in [0.05, 0.1) is 11.5 Å². The van der Waals surface area contributed by atoms with Gasteiger partial charge in [0, 0.05) is 13.2 Å². The Labute approximate surface area is 112 Å². The van der Waals surface area contributed by atoms with Crippen LogP contribution < -0.4 is 5.32 Å². The van der Waals surface area contributed by atoms with Gasteiger partial charge in [-0.1, -0.05) is 0 Å². The molecule has 0 aromatic carbocycles.